The SMILES string of the molecule is COc1cc([C@H](C(=O)NC2CCCCC2)N(Cc2ccc(F)cc2)C(=O)CCc2c[nH]c3ccccc23)cc(OC)c1OC. The lowest BCUT2D eigenvalue weighted by Crippen LogP contribution is -2.47. The summed E-state index contributed by atoms with van der Waals surface area (Å²) in [7, 11) is 4.55. The molecule has 5 rings (SSSR count). The van der Waals surface area contributed by atoms with Gasteiger partial charge in [-0.25, -0.2) is 4.39 Å². The van der Waals surface area contributed by atoms with E-state index < -0.39 is 6.04 Å². The highest BCUT2D eigenvalue weighted by Crippen LogP contribution is 2.41. The Morgan fingerprint density at radius 2 is 1.64 bits per heavy atom. The third-order valence-corrected chi connectivity index (χ3v) is 8.38. The van der Waals surface area contributed by atoms with Crippen LogP contribution in [-0.4, -0.2) is 49.1 Å². The molecule has 44 heavy (non-hydrogen) atoms. The number of halogens is 1. The van der Waals surface area contributed by atoms with Crippen molar-refractivity contribution < 1.29 is 28.2 Å². The summed E-state index contributed by atoms with van der Waals surface area (Å²) >= 11 is 0. The molecule has 0 saturated heterocycles. The number of hydrogen-bond donors (Lipinski definition) is 2. The Morgan fingerprint density at radius 1 is 0.955 bits per heavy atom. The van der Waals surface area contributed by atoms with Crippen molar-refractivity contribution in [1.82, 2.24) is 15.2 Å². The molecule has 1 fully saturated rings. The number of benzene rings is 3. The first-order chi connectivity index (χ1) is 21.4. The smallest absolute Gasteiger partial charge is 0.247 e. The number of amides is 2. The lowest BCUT2D eigenvalue weighted by Gasteiger charge is -2.34. The summed E-state index contributed by atoms with van der Waals surface area (Å²) < 4.78 is 30.6. The number of rotatable bonds is 12. The van der Waals surface area contributed by atoms with E-state index >= 15 is 0 Å². The van der Waals surface area contributed by atoms with Crippen LogP contribution in [0.15, 0.2) is 66.9 Å². The van der Waals surface area contributed by atoms with Gasteiger partial charge in [-0.05, 0) is 66.3 Å². The molecule has 1 heterocycles. The summed E-state index contributed by atoms with van der Waals surface area (Å²) in [6, 6.07) is 16.4. The molecule has 2 amide bonds. The predicted molar refractivity (Wildman–Crippen MR) is 167 cm³/mol. The monoisotopic (exact) mass is 601 g/mol. The van der Waals surface area contributed by atoms with Gasteiger partial charge in [-0.15, -0.1) is 0 Å². The van der Waals surface area contributed by atoms with Crippen LogP contribution in [0.4, 0.5) is 4.39 Å². The molecule has 1 atom stereocenters. The van der Waals surface area contributed by atoms with E-state index in [-0.39, 0.29) is 36.6 Å². The number of hydrogen-bond acceptors (Lipinski definition) is 5. The fraction of sp³-hybridized carbons (Fsp3) is 0.371. The number of aromatic nitrogens is 1. The number of ether oxygens (including phenoxy) is 3. The van der Waals surface area contributed by atoms with Crippen molar-refractivity contribution in [1.29, 1.82) is 0 Å². The van der Waals surface area contributed by atoms with Gasteiger partial charge in [0.05, 0.1) is 21.3 Å². The molecule has 0 spiro atoms. The van der Waals surface area contributed by atoms with Crippen LogP contribution in [0, 0.1) is 5.82 Å². The highest BCUT2D eigenvalue weighted by Gasteiger charge is 2.34. The summed E-state index contributed by atoms with van der Waals surface area (Å²) in [5.74, 6) is 0.282. The number of nitrogens with zero attached hydrogens (tertiary/aromatic N) is 1. The first-order valence-electron chi connectivity index (χ1n) is 15.1. The lowest BCUT2D eigenvalue weighted by molar-refractivity contribution is -0.142. The maximum atomic E-state index is 14.3. The second kappa shape index (κ2) is 14.3. The summed E-state index contributed by atoms with van der Waals surface area (Å²) in [6.07, 6.45) is 7.59. The van der Waals surface area contributed by atoms with E-state index in [0.29, 0.717) is 34.8 Å². The first-order valence-corrected chi connectivity index (χ1v) is 15.1. The van der Waals surface area contributed by atoms with Crippen molar-refractivity contribution in [3.63, 3.8) is 0 Å². The molecule has 1 aliphatic carbocycles. The summed E-state index contributed by atoms with van der Waals surface area (Å²) in [5.41, 5.74) is 3.25. The highest BCUT2D eigenvalue weighted by molar-refractivity contribution is 5.90. The molecular formula is C35H40FN3O5. The third kappa shape index (κ3) is 6.98. The Bertz CT molecular complexity index is 1550. The van der Waals surface area contributed by atoms with Crippen LogP contribution in [0.3, 0.4) is 0 Å². The molecular weight excluding hydrogens is 561 g/mol. The summed E-state index contributed by atoms with van der Waals surface area (Å²) in [4.78, 5) is 33.4. The fourth-order valence-electron chi connectivity index (χ4n) is 6.09. The van der Waals surface area contributed by atoms with Crippen LogP contribution in [-0.2, 0) is 22.6 Å². The van der Waals surface area contributed by atoms with E-state index in [0.717, 1.165) is 48.6 Å². The number of H-pyrrole nitrogens is 1. The number of carbonyl (C=O) groups excluding carboxylic acids is 2. The molecule has 9 heteroatoms. The van der Waals surface area contributed by atoms with Gasteiger partial charge in [0.15, 0.2) is 11.5 Å². The maximum absolute atomic E-state index is 14.3. The van der Waals surface area contributed by atoms with Crippen molar-refractivity contribution >= 4 is 22.7 Å². The van der Waals surface area contributed by atoms with E-state index in [1.807, 2.05) is 30.5 Å². The van der Waals surface area contributed by atoms with Crippen LogP contribution in [0.5, 0.6) is 17.2 Å². The molecule has 1 aromatic heterocycles. The van der Waals surface area contributed by atoms with E-state index in [9.17, 15) is 14.0 Å². The molecule has 0 aliphatic heterocycles. The number of carbonyl (C=O) groups is 2. The zero-order valence-electron chi connectivity index (χ0n) is 25.5. The van der Waals surface area contributed by atoms with E-state index in [1.54, 1.807) is 29.2 Å². The average molecular weight is 602 g/mol. The molecule has 0 unspecified atom stereocenters. The minimum Gasteiger partial charge on any atom is -0.493 e. The Hall–Kier alpha value is -4.53. The highest BCUT2D eigenvalue weighted by atomic mass is 19.1. The average Bonchev–Trinajstić information content (AvgIpc) is 3.47. The molecule has 1 saturated carbocycles. The van der Waals surface area contributed by atoms with Gasteiger partial charge in [0.25, 0.3) is 0 Å². The second-order valence-corrected chi connectivity index (χ2v) is 11.2. The van der Waals surface area contributed by atoms with E-state index in [1.165, 1.54) is 33.5 Å². The fourth-order valence-corrected chi connectivity index (χ4v) is 6.09. The van der Waals surface area contributed by atoms with Crippen molar-refractivity contribution in [3.8, 4) is 17.2 Å². The van der Waals surface area contributed by atoms with Crippen molar-refractivity contribution in [2.24, 2.45) is 0 Å². The topological polar surface area (TPSA) is 92.9 Å². The van der Waals surface area contributed by atoms with E-state index in [2.05, 4.69) is 10.3 Å². The number of para-hydroxylation sites is 1. The maximum Gasteiger partial charge on any atom is 0.247 e. The molecule has 0 radical (unpaired) electrons. The van der Waals surface area contributed by atoms with Gasteiger partial charge in [-0.1, -0.05) is 49.6 Å². The Morgan fingerprint density at radius 3 is 2.30 bits per heavy atom. The number of nitrogens with one attached hydrogen (secondary N) is 2. The minimum atomic E-state index is -1.01. The first kappa shape index (κ1) is 30.9. The van der Waals surface area contributed by atoms with Gasteiger partial charge in [-0.3, -0.25) is 9.59 Å². The number of aromatic amines is 1. The van der Waals surface area contributed by atoms with Gasteiger partial charge in [0, 0.05) is 36.1 Å². The molecule has 3 aromatic carbocycles. The number of fused-ring (bicyclic) bond motifs is 1. The largest absolute Gasteiger partial charge is 0.493 e. The van der Waals surface area contributed by atoms with Crippen molar-refractivity contribution in [2.45, 2.75) is 63.6 Å². The Labute approximate surface area is 257 Å². The zero-order valence-corrected chi connectivity index (χ0v) is 25.5. The summed E-state index contributed by atoms with van der Waals surface area (Å²) in [5, 5.41) is 4.29. The molecule has 1 aliphatic rings. The van der Waals surface area contributed by atoms with Gasteiger partial charge in [-0.2, -0.15) is 0 Å². The van der Waals surface area contributed by atoms with Gasteiger partial charge in [0.2, 0.25) is 17.6 Å². The van der Waals surface area contributed by atoms with Crippen LogP contribution in [0.1, 0.15) is 61.3 Å². The zero-order chi connectivity index (χ0) is 31.1. The normalized spacial score (nSPS) is 14.2. The minimum absolute atomic E-state index is 0.0229. The van der Waals surface area contributed by atoms with Gasteiger partial charge >= 0.3 is 0 Å². The molecule has 0 bridgehead atoms. The van der Waals surface area contributed by atoms with Crippen molar-refractivity contribution in [2.75, 3.05) is 21.3 Å². The predicted octanol–water partition coefficient (Wildman–Crippen LogP) is 6.48. The lowest BCUT2D eigenvalue weighted by atomic mass is 9.94. The van der Waals surface area contributed by atoms with Gasteiger partial charge < -0.3 is 29.4 Å². The molecule has 8 nitrogen and oxygen atoms in total. The third-order valence-electron chi connectivity index (χ3n) is 8.38. The van der Waals surface area contributed by atoms with Gasteiger partial charge in [0.1, 0.15) is 11.9 Å². The summed E-state index contributed by atoms with van der Waals surface area (Å²) in [6.45, 7) is 0.104. The molecule has 232 valence electrons. The number of methoxy groups -OCH3 is 3. The standard InChI is InChI=1S/C35H40FN3O5/c1-42-30-19-25(20-31(43-2)34(30)44-3)33(35(41)38-27-9-5-4-6-10-27)39(22-23-13-16-26(36)17-14-23)32(40)18-15-24-21-37-29-12-8-7-11-28(24)29/h7-8,11-14,16-17,19-21,27,33,37H,4-6,9-10,15,18,22H2,1-3H3,(H,38,41)/t33-/m1/s1. The Kier molecular flexibility index (Phi) is 10.0. The quantitative estimate of drug-likeness (QED) is 0.194. The van der Waals surface area contributed by atoms with Crippen LogP contribution >= 0.6 is 0 Å². The van der Waals surface area contributed by atoms with Crippen molar-refractivity contribution in [3.05, 3.63) is 89.4 Å². The molecule has 2 N–H and O–H groups in total. The molecule has 4 aromatic rings. The number of aryl methyl sites for hydroxylation is 1. The van der Waals surface area contributed by atoms with Crippen LogP contribution < -0.4 is 19.5 Å². The van der Waals surface area contributed by atoms with Crippen LogP contribution in [0.2, 0.25) is 0 Å². The van der Waals surface area contributed by atoms with E-state index in [4.69, 9.17) is 14.2 Å². The second-order valence-electron chi connectivity index (χ2n) is 11.2. The Balaban J connectivity index is 1.55. The van der Waals surface area contributed by atoms with Crippen LogP contribution in [0.25, 0.3) is 10.9 Å².